The summed E-state index contributed by atoms with van der Waals surface area (Å²) < 4.78 is 45.1. The van der Waals surface area contributed by atoms with Crippen LogP contribution in [0, 0.1) is 12.7 Å². The molecule has 0 aliphatic carbocycles. The number of hydrogen-bond acceptors (Lipinski definition) is 4. The second-order valence-corrected chi connectivity index (χ2v) is 8.24. The molecule has 138 valence electrons. The summed E-state index contributed by atoms with van der Waals surface area (Å²) >= 11 is 0. The van der Waals surface area contributed by atoms with Gasteiger partial charge >= 0.3 is 10.1 Å². The maximum Gasteiger partial charge on any atom is 0.342 e. The third-order valence-electron chi connectivity index (χ3n) is 4.31. The van der Waals surface area contributed by atoms with Gasteiger partial charge in [-0.05, 0) is 54.2 Å². The first-order chi connectivity index (χ1) is 12.2. The summed E-state index contributed by atoms with van der Waals surface area (Å²) in [5, 5.41) is 2.55. The van der Waals surface area contributed by atoms with Gasteiger partial charge in [-0.25, -0.2) is 4.39 Å². The summed E-state index contributed by atoms with van der Waals surface area (Å²) in [7, 11) is -4.35. The number of carbonyl (C=O) groups is 1. The highest BCUT2D eigenvalue weighted by Crippen LogP contribution is 2.33. The fourth-order valence-corrected chi connectivity index (χ4v) is 3.98. The van der Waals surface area contributed by atoms with Crippen LogP contribution in [-0.4, -0.2) is 14.3 Å². The first-order valence-corrected chi connectivity index (χ1v) is 9.75. The average molecular weight is 377 g/mol. The van der Waals surface area contributed by atoms with E-state index in [1.807, 2.05) is 32.9 Å². The van der Waals surface area contributed by atoms with Crippen LogP contribution in [0.3, 0.4) is 0 Å². The van der Waals surface area contributed by atoms with E-state index in [1.165, 1.54) is 6.07 Å². The minimum atomic E-state index is -4.35. The van der Waals surface area contributed by atoms with Crippen LogP contribution in [0.1, 0.15) is 42.9 Å². The standard InChI is InChI=1S/C19H20FNO4S/c1-11(2)14-6-4-12(3)8-17(14)25-26(23,24)18-9-13-5-7-19(22)21-16(13)10-15(18)20/h4,6,8-11H,5,7H2,1-3H3,(H,21,22). The van der Waals surface area contributed by atoms with E-state index in [-0.39, 0.29) is 24.0 Å². The van der Waals surface area contributed by atoms with Gasteiger partial charge in [-0.15, -0.1) is 0 Å². The van der Waals surface area contributed by atoms with Crippen LogP contribution >= 0.6 is 0 Å². The Labute approximate surface area is 152 Å². The first-order valence-electron chi connectivity index (χ1n) is 8.34. The Kier molecular flexibility index (Phi) is 4.75. The van der Waals surface area contributed by atoms with Crippen LogP contribution in [0.15, 0.2) is 35.2 Å². The molecule has 26 heavy (non-hydrogen) atoms. The van der Waals surface area contributed by atoms with Gasteiger partial charge in [0.2, 0.25) is 5.91 Å². The maximum absolute atomic E-state index is 14.4. The van der Waals surface area contributed by atoms with Gasteiger partial charge in [-0.1, -0.05) is 26.0 Å². The van der Waals surface area contributed by atoms with E-state index in [0.29, 0.717) is 17.7 Å². The molecule has 2 aromatic carbocycles. The molecule has 0 unspecified atom stereocenters. The highest BCUT2D eigenvalue weighted by molar-refractivity contribution is 7.87. The highest BCUT2D eigenvalue weighted by Gasteiger charge is 2.27. The molecule has 0 aromatic heterocycles. The van der Waals surface area contributed by atoms with Gasteiger partial charge in [0.05, 0.1) is 0 Å². The number of amides is 1. The lowest BCUT2D eigenvalue weighted by atomic mass is 10.0. The molecule has 1 aliphatic rings. The van der Waals surface area contributed by atoms with Crippen LogP contribution in [-0.2, 0) is 21.3 Å². The van der Waals surface area contributed by atoms with Gasteiger partial charge in [-0.2, -0.15) is 8.42 Å². The molecule has 0 radical (unpaired) electrons. The quantitative estimate of drug-likeness (QED) is 0.820. The van der Waals surface area contributed by atoms with Crippen molar-refractivity contribution in [1.29, 1.82) is 0 Å². The SMILES string of the molecule is Cc1ccc(C(C)C)c(OS(=O)(=O)c2cc3c(cc2F)NC(=O)CC3)c1. The van der Waals surface area contributed by atoms with E-state index in [1.54, 1.807) is 6.07 Å². The van der Waals surface area contributed by atoms with E-state index >= 15 is 0 Å². The Morgan fingerprint density at radius 2 is 1.88 bits per heavy atom. The summed E-state index contributed by atoms with van der Waals surface area (Å²) in [4.78, 5) is 10.9. The number of rotatable bonds is 4. The fraction of sp³-hybridized carbons (Fsp3) is 0.316. The minimum Gasteiger partial charge on any atom is -0.379 e. The molecule has 7 heteroatoms. The zero-order valence-electron chi connectivity index (χ0n) is 14.8. The summed E-state index contributed by atoms with van der Waals surface area (Å²) in [5.41, 5.74) is 2.44. The van der Waals surface area contributed by atoms with E-state index in [2.05, 4.69) is 5.32 Å². The van der Waals surface area contributed by atoms with Gasteiger partial charge in [-0.3, -0.25) is 4.79 Å². The molecule has 0 spiro atoms. The molecule has 0 saturated carbocycles. The van der Waals surface area contributed by atoms with Crippen LogP contribution in [0.25, 0.3) is 0 Å². The number of fused-ring (bicyclic) bond motifs is 1. The molecule has 0 bridgehead atoms. The molecular weight excluding hydrogens is 357 g/mol. The van der Waals surface area contributed by atoms with Crippen LogP contribution in [0.4, 0.5) is 10.1 Å². The predicted octanol–water partition coefficient (Wildman–Crippen LogP) is 3.91. The fourth-order valence-electron chi connectivity index (χ4n) is 2.92. The number of hydrogen-bond donors (Lipinski definition) is 1. The van der Waals surface area contributed by atoms with Crippen LogP contribution in [0.5, 0.6) is 5.75 Å². The maximum atomic E-state index is 14.4. The first kappa shape index (κ1) is 18.4. The number of benzene rings is 2. The normalized spacial score (nSPS) is 14.1. The van der Waals surface area contributed by atoms with Crippen LogP contribution < -0.4 is 9.50 Å². The zero-order valence-corrected chi connectivity index (χ0v) is 15.6. The lowest BCUT2D eigenvalue weighted by Crippen LogP contribution is -2.21. The lowest BCUT2D eigenvalue weighted by Gasteiger charge is -2.19. The smallest absolute Gasteiger partial charge is 0.342 e. The Bertz CT molecular complexity index is 983. The largest absolute Gasteiger partial charge is 0.379 e. The molecule has 1 N–H and O–H groups in total. The highest BCUT2D eigenvalue weighted by atomic mass is 32.2. The molecule has 0 atom stereocenters. The Morgan fingerprint density at radius 1 is 1.15 bits per heavy atom. The van der Waals surface area contributed by atoms with Crippen molar-refractivity contribution in [2.24, 2.45) is 0 Å². The number of nitrogens with one attached hydrogen (secondary N) is 1. The van der Waals surface area contributed by atoms with E-state index in [0.717, 1.165) is 17.2 Å². The van der Waals surface area contributed by atoms with Gasteiger partial charge in [0.25, 0.3) is 0 Å². The van der Waals surface area contributed by atoms with Crippen molar-refractivity contribution < 1.29 is 21.8 Å². The summed E-state index contributed by atoms with van der Waals surface area (Å²) in [6.45, 7) is 5.67. The molecule has 1 aliphatic heterocycles. The Hall–Kier alpha value is -2.41. The molecule has 1 heterocycles. The van der Waals surface area contributed by atoms with Crippen molar-refractivity contribution in [2.45, 2.75) is 44.4 Å². The van der Waals surface area contributed by atoms with E-state index in [9.17, 15) is 17.6 Å². The topological polar surface area (TPSA) is 72.5 Å². The number of anilines is 1. The van der Waals surface area contributed by atoms with Gasteiger partial charge < -0.3 is 9.50 Å². The van der Waals surface area contributed by atoms with Crippen molar-refractivity contribution in [1.82, 2.24) is 0 Å². The number of carbonyl (C=O) groups excluding carboxylic acids is 1. The van der Waals surface area contributed by atoms with Gasteiger partial charge in [0.15, 0.2) is 0 Å². The van der Waals surface area contributed by atoms with Gasteiger partial charge in [0, 0.05) is 12.1 Å². The summed E-state index contributed by atoms with van der Waals surface area (Å²) in [6.07, 6.45) is 0.583. The third-order valence-corrected chi connectivity index (χ3v) is 5.56. The summed E-state index contributed by atoms with van der Waals surface area (Å²) in [5.74, 6) is -0.926. The second-order valence-electron chi connectivity index (χ2n) is 6.72. The Morgan fingerprint density at radius 3 is 2.58 bits per heavy atom. The molecule has 1 amide bonds. The monoisotopic (exact) mass is 377 g/mol. The second kappa shape index (κ2) is 6.72. The summed E-state index contributed by atoms with van der Waals surface area (Å²) in [6, 6.07) is 7.58. The van der Waals surface area contributed by atoms with Crippen molar-refractivity contribution in [3.05, 3.63) is 52.8 Å². The third kappa shape index (κ3) is 3.58. The predicted molar refractivity (Wildman–Crippen MR) is 96.4 cm³/mol. The van der Waals surface area contributed by atoms with E-state index in [4.69, 9.17) is 4.18 Å². The minimum absolute atomic E-state index is 0.0457. The van der Waals surface area contributed by atoms with Crippen molar-refractivity contribution in [3.63, 3.8) is 0 Å². The zero-order chi connectivity index (χ0) is 19.1. The molecule has 3 rings (SSSR count). The Balaban J connectivity index is 2.02. The van der Waals surface area contributed by atoms with E-state index < -0.39 is 20.8 Å². The number of aryl methyl sites for hydroxylation is 2. The molecule has 2 aromatic rings. The van der Waals surface area contributed by atoms with Crippen LogP contribution in [0.2, 0.25) is 0 Å². The molecule has 0 saturated heterocycles. The van der Waals surface area contributed by atoms with Gasteiger partial charge in [0.1, 0.15) is 16.5 Å². The van der Waals surface area contributed by atoms with Crippen molar-refractivity contribution in [3.8, 4) is 5.75 Å². The lowest BCUT2D eigenvalue weighted by molar-refractivity contribution is -0.116. The number of halogens is 1. The molecular formula is C19H20FNO4S. The molecule has 5 nitrogen and oxygen atoms in total. The van der Waals surface area contributed by atoms with Crippen molar-refractivity contribution in [2.75, 3.05) is 5.32 Å². The molecule has 0 fully saturated rings. The average Bonchev–Trinajstić information content (AvgIpc) is 2.53. The van der Waals surface area contributed by atoms with Crippen molar-refractivity contribution >= 4 is 21.7 Å².